The number of anilines is 1. The van der Waals surface area contributed by atoms with Crippen LogP contribution in [0.25, 0.3) is 0 Å². The Kier molecular flexibility index (Phi) is 4.35. The quantitative estimate of drug-likeness (QED) is 0.907. The van der Waals surface area contributed by atoms with Gasteiger partial charge in [-0.05, 0) is 49.2 Å². The molecule has 0 aliphatic carbocycles. The predicted molar refractivity (Wildman–Crippen MR) is 79.1 cm³/mol. The molecule has 0 spiro atoms. The summed E-state index contributed by atoms with van der Waals surface area (Å²) in [5, 5.41) is 8.98. The second-order valence-corrected chi connectivity index (χ2v) is 4.71. The van der Waals surface area contributed by atoms with E-state index in [1.165, 1.54) is 5.56 Å². The van der Waals surface area contributed by atoms with E-state index >= 15 is 0 Å². The molecule has 1 aromatic heterocycles. The lowest BCUT2D eigenvalue weighted by molar-refractivity contribution is 0.0690. The number of aromatic nitrogens is 1. The van der Waals surface area contributed by atoms with Gasteiger partial charge in [0.2, 0.25) is 0 Å². The third-order valence-electron chi connectivity index (χ3n) is 3.17. The molecule has 0 atom stereocenters. The van der Waals surface area contributed by atoms with Crippen LogP contribution < -0.4 is 4.90 Å². The van der Waals surface area contributed by atoms with Gasteiger partial charge < -0.3 is 10.0 Å². The van der Waals surface area contributed by atoms with Crippen LogP contribution in [-0.4, -0.2) is 22.6 Å². The van der Waals surface area contributed by atoms with Crippen molar-refractivity contribution in [2.75, 3.05) is 11.4 Å². The average molecular weight is 270 g/mol. The number of benzene rings is 1. The van der Waals surface area contributed by atoms with Crippen LogP contribution in [0.15, 0.2) is 42.6 Å². The van der Waals surface area contributed by atoms with Crippen LogP contribution >= 0.6 is 0 Å². The monoisotopic (exact) mass is 270 g/mol. The molecule has 0 unspecified atom stereocenters. The standard InChI is InChI=1S/C16H18N2O2/c1-3-18(14-6-4-5-12(2)9-14)11-13-7-8-17-15(10-13)16(19)20/h4-10H,3,11H2,1-2H3,(H,19,20). The van der Waals surface area contributed by atoms with Crippen molar-refractivity contribution in [1.29, 1.82) is 0 Å². The first-order valence-electron chi connectivity index (χ1n) is 6.60. The van der Waals surface area contributed by atoms with Crippen LogP contribution in [0.3, 0.4) is 0 Å². The van der Waals surface area contributed by atoms with Gasteiger partial charge in [0, 0.05) is 25.0 Å². The summed E-state index contributed by atoms with van der Waals surface area (Å²) in [6.45, 7) is 5.67. The van der Waals surface area contributed by atoms with E-state index in [9.17, 15) is 4.79 Å². The van der Waals surface area contributed by atoms with Gasteiger partial charge in [0.05, 0.1) is 0 Å². The van der Waals surface area contributed by atoms with E-state index in [0.29, 0.717) is 6.54 Å². The zero-order chi connectivity index (χ0) is 14.5. The van der Waals surface area contributed by atoms with Gasteiger partial charge in [-0.3, -0.25) is 0 Å². The van der Waals surface area contributed by atoms with Crippen molar-refractivity contribution in [1.82, 2.24) is 4.98 Å². The molecule has 0 aliphatic heterocycles. The average Bonchev–Trinajstić information content (AvgIpc) is 2.45. The summed E-state index contributed by atoms with van der Waals surface area (Å²) in [5.41, 5.74) is 3.38. The predicted octanol–water partition coefficient (Wildman–Crippen LogP) is 3.11. The summed E-state index contributed by atoms with van der Waals surface area (Å²) in [6.07, 6.45) is 1.54. The van der Waals surface area contributed by atoms with Crippen LogP contribution in [0.2, 0.25) is 0 Å². The zero-order valence-corrected chi connectivity index (χ0v) is 11.7. The maximum atomic E-state index is 10.9. The molecule has 104 valence electrons. The minimum Gasteiger partial charge on any atom is -0.477 e. The van der Waals surface area contributed by atoms with Crippen molar-refractivity contribution in [3.8, 4) is 0 Å². The number of aromatic carboxylic acids is 1. The molecular weight excluding hydrogens is 252 g/mol. The van der Waals surface area contributed by atoms with Crippen LogP contribution in [0.4, 0.5) is 5.69 Å². The van der Waals surface area contributed by atoms with Gasteiger partial charge in [0.1, 0.15) is 5.69 Å². The molecular formula is C16H18N2O2. The van der Waals surface area contributed by atoms with Crippen LogP contribution in [0.5, 0.6) is 0 Å². The van der Waals surface area contributed by atoms with Gasteiger partial charge in [-0.15, -0.1) is 0 Å². The second-order valence-electron chi connectivity index (χ2n) is 4.71. The number of pyridine rings is 1. The van der Waals surface area contributed by atoms with E-state index < -0.39 is 5.97 Å². The normalized spacial score (nSPS) is 10.3. The second kappa shape index (κ2) is 6.19. The van der Waals surface area contributed by atoms with Gasteiger partial charge in [-0.25, -0.2) is 9.78 Å². The summed E-state index contributed by atoms with van der Waals surface area (Å²) in [5.74, 6) is -0.995. The van der Waals surface area contributed by atoms with Gasteiger partial charge in [-0.2, -0.15) is 0 Å². The Morgan fingerprint density at radius 3 is 2.75 bits per heavy atom. The fourth-order valence-electron chi connectivity index (χ4n) is 2.12. The number of aryl methyl sites for hydroxylation is 1. The Morgan fingerprint density at radius 2 is 2.10 bits per heavy atom. The third kappa shape index (κ3) is 3.35. The first kappa shape index (κ1) is 14.1. The molecule has 0 bridgehead atoms. The van der Waals surface area contributed by atoms with Gasteiger partial charge >= 0.3 is 5.97 Å². The summed E-state index contributed by atoms with van der Waals surface area (Å²) in [7, 11) is 0. The molecule has 20 heavy (non-hydrogen) atoms. The lowest BCUT2D eigenvalue weighted by Crippen LogP contribution is -2.22. The first-order valence-corrected chi connectivity index (χ1v) is 6.60. The zero-order valence-electron chi connectivity index (χ0n) is 11.7. The summed E-state index contributed by atoms with van der Waals surface area (Å²) in [4.78, 5) is 17.0. The first-order chi connectivity index (χ1) is 9.60. The largest absolute Gasteiger partial charge is 0.477 e. The molecule has 1 N–H and O–H groups in total. The van der Waals surface area contributed by atoms with Crippen molar-refractivity contribution < 1.29 is 9.90 Å². The number of carboxylic acid groups (broad SMARTS) is 1. The van der Waals surface area contributed by atoms with Crippen molar-refractivity contribution in [2.45, 2.75) is 20.4 Å². The summed E-state index contributed by atoms with van der Waals surface area (Å²) < 4.78 is 0. The Morgan fingerprint density at radius 1 is 1.30 bits per heavy atom. The van der Waals surface area contributed by atoms with E-state index in [0.717, 1.165) is 17.8 Å². The van der Waals surface area contributed by atoms with Crippen molar-refractivity contribution in [3.63, 3.8) is 0 Å². The molecule has 0 radical (unpaired) electrons. The number of hydrogen-bond acceptors (Lipinski definition) is 3. The Balaban J connectivity index is 2.22. The minimum absolute atomic E-state index is 0.0859. The molecule has 2 aromatic rings. The lowest BCUT2D eigenvalue weighted by atomic mass is 10.1. The number of rotatable bonds is 5. The van der Waals surface area contributed by atoms with E-state index in [1.807, 2.05) is 12.1 Å². The van der Waals surface area contributed by atoms with Crippen molar-refractivity contribution >= 4 is 11.7 Å². The van der Waals surface area contributed by atoms with Crippen LogP contribution in [-0.2, 0) is 6.54 Å². The molecule has 4 nitrogen and oxygen atoms in total. The van der Waals surface area contributed by atoms with Crippen LogP contribution in [0.1, 0.15) is 28.5 Å². The van der Waals surface area contributed by atoms with E-state index in [4.69, 9.17) is 5.11 Å². The van der Waals surface area contributed by atoms with E-state index in [1.54, 1.807) is 12.3 Å². The Hall–Kier alpha value is -2.36. The van der Waals surface area contributed by atoms with E-state index in [-0.39, 0.29) is 5.69 Å². The van der Waals surface area contributed by atoms with Crippen molar-refractivity contribution in [2.24, 2.45) is 0 Å². The van der Waals surface area contributed by atoms with Gasteiger partial charge in [0.15, 0.2) is 0 Å². The summed E-state index contributed by atoms with van der Waals surface area (Å²) >= 11 is 0. The topological polar surface area (TPSA) is 53.4 Å². The molecule has 0 aliphatic rings. The van der Waals surface area contributed by atoms with Gasteiger partial charge in [-0.1, -0.05) is 12.1 Å². The fourth-order valence-corrected chi connectivity index (χ4v) is 2.12. The number of carboxylic acids is 1. The van der Waals surface area contributed by atoms with Crippen molar-refractivity contribution in [3.05, 3.63) is 59.4 Å². The Bertz CT molecular complexity index is 611. The molecule has 4 heteroatoms. The highest BCUT2D eigenvalue weighted by Gasteiger charge is 2.09. The number of hydrogen-bond donors (Lipinski definition) is 1. The number of carbonyl (C=O) groups is 1. The van der Waals surface area contributed by atoms with Gasteiger partial charge in [0.25, 0.3) is 0 Å². The molecule has 1 heterocycles. The lowest BCUT2D eigenvalue weighted by Gasteiger charge is -2.23. The molecule has 2 rings (SSSR count). The van der Waals surface area contributed by atoms with Crippen LogP contribution in [0, 0.1) is 6.92 Å². The highest BCUT2D eigenvalue weighted by Crippen LogP contribution is 2.18. The smallest absolute Gasteiger partial charge is 0.354 e. The minimum atomic E-state index is -0.995. The highest BCUT2D eigenvalue weighted by molar-refractivity contribution is 5.85. The maximum absolute atomic E-state index is 10.9. The highest BCUT2D eigenvalue weighted by atomic mass is 16.4. The third-order valence-corrected chi connectivity index (χ3v) is 3.17. The molecule has 1 aromatic carbocycles. The molecule has 0 saturated carbocycles. The molecule has 0 saturated heterocycles. The molecule has 0 fully saturated rings. The SMILES string of the molecule is CCN(Cc1ccnc(C(=O)O)c1)c1cccc(C)c1. The summed E-state index contributed by atoms with van der Waals surface area (Å²) in [6, 6.07) is 11.8. The Labute approximate surface area is 118 Å². The fraction of sp³-hybridized carbons (Fsp3) is 0.250. The number of nitrogens with zero attached hydrogens (tertiary/aromatic N) is 2. The maximum Gasteiger partial charge on any atom is 0.354 e. The van der Waals surface area contributed by atoms with E-state index in [2.05, 4.69) is 41.9 Å². The molecule has 0 amide bonds.